The Kier molecular flexibility index (Phi) is 9.92. The van der Waals surface area contributed by atoms with Crippen molar-refractivity contribution in [2.24, 2.45) is 0 Å². The van der Waals surface area contributed by atoms with Crippen LogP contribution in [0.2, 0.25) is 13.3 Å². The van der Waals surface area contributed by atoms with Gasteiger partial charge in [0.25, 0.3) is 0 Å². The first kappa shape index (κ1) is 22.5. The number of aliphatic hydroxyl groups is 1. The number of rotatable bonds is 12. The molecule has 1 unspecified atom stereocenters. The summed E-state index contributed by atoms with van der Waals surface area (Å²) in [6, 6.07) is 19.1. The SMILES string of the molecule is CCC[CH2][Sn]([CH2]CCC)([CH2]CCC)[c]1ccccc1C(O)c1ccccc1. The summed E-state index contributed by atoms with van der Waals surface area (Å²) < 4.78 is 5.90. The molecule has 0 radical (unpaired) electrons. The molecule has 148 valence electrons. The first-order chi connectivity index (χ1) is 13.2. The van der Waals surface area contributed by atoms with Gasteiger partial charge in [0.05, 0.1) is 0 Å². The molecule has 2 aromatic rings. The van der Waals surface area contributed by atoms with Gasteiger partial charge in [-0.1, -0.05) is 0 Å². The van der Waals surface area contributed by atoms with Crippen molar-refractivity contribution in [2.45, 2.75) is 78.7 Å². The van der Waals surface area contributed by atoms with Crippen LogP contribution in [0.1, 0.15) is 76.5 Å². The van der Waals surface area contributed by atoms with Crippen molar-refractivity contribution in [3.63, 3.8) is 0 Å². The number of unbranched alkanes of at least 4 members (excludes halogenated alkanes) is 3. The molecule has 0 saturated carbocycles. The molecular formula is C25H38OSn. The van der Waals surface area contributed by atoms with E-state index in [1.807, 2.05) is 18.2 Å². The Morgan fingerprint density at radius 1 is 0.704 bits per heavy atom. The third kappa shape index (κ3) is 6.09. The minimum atomic E-state index is -2.57. The summed E-state index contributed by atoms with van der Waals surface area (Å²) in [5, 5.41) is 11.2. The van der Waals surface area contributed by atoms with Crippen molar-refractivity contribution < 1.29 is 5.11 Å². The Morgan fingerprint density at radius 3 is 1.70 bits per heavy atom. The Morgan fingerprint density at radius 2 is 1.19 bits per heavy atom. The van der Waals surface area contributed by atoms with Gasteiger partial charge in [0, 0.05) is 0 Å². The zero-order valence-electron chi connectivity index (χ0n) is 17.6. The summed E-state index contributed by atoms with van der Waals surface area (Å²) in [4.78, 5) is 0. The Hall–Kier alpha value is -0.801. The second-order valence-corrected chi connectivity index (χ2v) is 21.1. The second kappa shape index (κ2) is 11.9. The van der Waals surface area contributed by atoms with Crippen LogP contribution in [0.5, 0.6) is 0 Å². The maximum absolute atomic E-state index is 11.2. The van der Waals surface area contributed by atoms with Crippen LogP contribution in [-0.2, 0) is 0 Å². The van der Waals surface area contributed by atoms with Gasteiger partial charge in [0.2, 0.25) is 0 Å². The molecular weight excluding hydrogens is 435 g/mol. The van der Waals surface area contributed by atoms with Crippen molar-refractivity contribution >= 4 is 22.0 Å². The standard InChI is InChI=1S/C13H11O.3C4H9.Sn/c14-13(11-7-3-1-4-8-11)12-9-5-2-6-10-12;3*1-3-4-2;/h1-9,13-14H;3*1,3-4H2,2H3;. The van der Waals surface area contributed by atoms with Crippen LogP contribution in [0.3, 0.4) is 0 Å². The summed E-state index contributed by atoms with van der Waals surface area (Å²) in [6.45, 7) is 6.96. The van der Waals surface area contributed by atoms with E-state index in [2.05, 4.69) is 57.2 Å². The normalized spacial score (nSPS) is 12.9. The monoisotopic (exact) mass is 474 g/mol. The van der Waals surface area contributed by atoms with E-state index in [9.17, 15) is 5.11 Å². The molecule has 2 heteroatoms. The van der Waals surface area contributed by atoms with Gasteiger partial charge in [-0.05, 0) is 0 Å². The van der Waals surface area contributed by atoms with E-state index in [1.54, 1.807) is 3.58 Å². The number of hydrogen-bond acceptors (Lipinski definition) is 1. The topological polar surface area (TPSA) is 20.2 Å². The van der Waals surface area contributed by atoms with Gasteiger partial charge in [0.15, 0.2) is 0 Å². The van der Waals surface area contributed by atoms with Gasteiger partial charge in [-0.3, -0.25) is 0 Å². The van der Waals surface area contributed by atoms with Crippen molar-refractivity contribution in [2.75, 3.05) is 0 Å². The molecule has 0 aliphatic carbocycles. The van der Waals surface area contributed by atoms with Crippen LogP contribution in [0, 0.1) is 0 Å². The van der Waals surface area contributed by atoms with E-state index < -0.39 is 24.5 Å². The number of hydrogen-bond donors (Lipinski definition) is 1. The van der Waals surface area contributed by atoms with Crippen LogP contribution in [0.15, 0.2) is 54.6 Å². The summed E-state index contributed by atoms with van der Waals surface area (Å²) in [7, 11) is 0. The van der Waals surface area contributed by atoms with E-state index in [0.29, 0.717) is 0 Å². The third-order valence-electron chi connectivity index (χ3n) is 5.97. The molecule has 0 heterocycles. The Balaban J connectivity index is 2.50. The fourth-order valence-electron chi connectivity index (χ4n) is 4.36. The van der Waals surface area contributed by atoms with E-state index in [4.69, 9.17) is 0 Å². The van der Waals surface area contributed by atoms with Gasteiger partial charge >= 0.3 is 171 Å². The molecule has 0 aromatic heterocycles. The van der Waals surface area contributed by atoms with E-state index >= 15 is 0 Å². The van der Waals surface area contributed by atoms with Gasteiger partial charge in [0.1, 0.15) is 0 Å². The molecule has 2 aromatic carbocycles. The molecule has 0 aliphatic rings. The average Bonchev–Trinajstić information content (AvgIpc) is 2.73. The van der Waals surface area contributed by atoms with Crippen molar-refractivity contribution in [3.05, 3.63) is 65.7 Å². The zero-order chi connectivity index (χ0) is 19.5. The maximum atomic E-state index is 11.2. The van der Waals surface area contributed by atoms with Crippen molar-refractivity contribution in [1.29, 1.82) is 0 Å². The molecule has 1 nitrogen and oxygen atoms in total. The minimum absolute atomic E-state index is 0.497. The third-order valence-corrected chi connectivity index (χ3v) is 21.8. The van der Waals surface area contributed by atoms with Gasteiger partial charge < -0.3 is 0 Å². The van der Waals surface area contributed by atoms with Gasteiger partial charge in [-0.15, -0.1) is 0 Å². The molecule has 0 spiro atoms. The fourth-order valence-corrected chi connectivity index (χ4v) is 21.3. The van der Waals surface area contributed by atoms with Gasteiger partial charge in [-0.2, -0.15) is 0 Å². The van der Waals surface area contributed by atoms with Crippen molar-refractivity contribution in [1.82, 2.24) is 0 Å². The summed E-state index contributed by atoms with van der Waals surface area (Å²) in [5.74, 6) is 0. The fraction of sp³-hybridized carbons (Fsp3) is 0.520. The predicted molar refractivity (Wildman–Crippen MR) is 121 cm³/mol. The molecule has 0 aliphatic heterocycles. The van der Waals surface area contributed by atoms with E-state index in [-0.39, 0.29) is 0 Å². The Bertz CT molecular complexity index is 631. The first-order valence-electron chi connectivity index (χ1n) is 11.0. The van der Waals surface area contributed by atoms with Crippen LogP contribution in [0.25, 0.3) is 0 Å². The van der Waals surface area contributed by atoms with E-state index in [1.165, 1.54) is 57.4 Å². The van der Waals surface area contributed by atoms with Crippen LogP contribution < -0.4 is 3.58 Å². The molecule has 0 saturated heterocycles. The van der Waals surface area contributed by atoms with Crippen molar-refractivity contribution in [3.8, 4) is 0 Å². The molecule has 0 amide bonds. The number of aliphatic hydroxyl groups excluding tert-OH is 1. The molecule has 0 fully saturated rings. The van der Waals surface area contributed by atoms with Crippen LogP contribution >= 0.6 is 0 Å². The molecule has 1 atom stereocenters. The first-order valence-corrected chi connectivity index (χ1v) is 18.5. The molecule has 0 bridgehead atoms. The second-order valence-electron chi connectivity index (χ2n) is 7.99. The average molecular weight is 473 g/mol. The predicted octanol–water partition coefficient (Wildman–Crippen LogP) is 6.82. The molecule has 2 rings (SSSR count). The van der Waals surface area contributed by atoms with Gasteiger partial charge in [-0.25, -0.2) is 0 Å². The molecule has 1 N–H and O–H groups in total. The number of benzene rings is 2. The summed E-state index contributed by atoms with van der Waals surface area (Å²) in [5.41, 5.74) is 2.22. The van der Waals surface area contributed by atoms with Crippen LogP contribution in [-0.4, -0.2) is 23.5 Å². The zero-order valence-corrected chi connectivity index (χ0v) is 20.4. The quantitative estimate of drug-likeness (QED) is 0.336. The summed E-state index contributed by atoms with van der Waals surface area (Å²) >= 11 is -2.57. The Labute approximate surface area is 171 Å². The summed E-state index contributed by atoms with van der Waals surface area (Å²) in [6.07, 6.45) is 7.38. The molecule has 27 heavy (non-hydrogen) atoms. The van der Waals surface area contributed by atoms with Crippen LogP contribution in [0.4, 0.5) is 0 Å². The van der Waals surface area contributed by atoms with E-state index in [0.717, 1.165) is 5.56 Å².